The van der Waals surface area contributed by atoms with Gasteiger partial charge in [0, 0.05) is 11.6 Å². The fourth-order valence-corrected chi connectivity index (χ4v) is 2.48. The van der Waals surface area contributed by atoms with Crippen molar-refractivity contribution in [1.29, 1.82) is 0 Å². The van der Waals surface area contributed by atoms with Crippen LogP contribution in [-0.2, 0) is 10.1 Å². The first-order valence-electron chi connectivity index (χ1n) is 5.81. The van der Waals surface area contributed by atoms with Gasteiger partial charge in [-0.2, -0.15) is 0 Å². The van der Waals surface area contributed by atoms with Crippen LogP contribution in [0.25, 0.3) is 0 Å². The van der Waals surface area contributed by atoms with Crippen LogP contribution in [0.15, 0.2) is 47.4 Å². The van der Waals surface area contributed by atoms with E-state index in [1.54, 1.807) is 18.2 Å². The molecule has 1 N–H and O–H groups in total. The third-order valence-electron chi connectivity index (χ3n) is 2.83. The minimum absolute atomic E-state index is 0. The van der Waals surface area contributed by atoms with Crippen molar-refractivity contribution in [2.45, 2.75) is 4.90 Å². The van der Waals surface area contributed by atoms with E-state index < -0.39 is 26.5 Å². The van der Waals surface area contributed by atoms with Gasteiger partial charge in [0.15, 0.2) is 5.78 Å². The Morgan fingerprint density at radius 1 is 1.18 bits per heavy atom. The average Bonchev–Trinajstić information content (AvgIpc) is 2.45. The summed E-state index contributed by atoms with van der Waals surface area (Å²) in [4.78, 5) is 11.6. The number of ketones is 1. The van der Waals surface area contributed by atoms with E-state index in [9.17, 15) is 22.9 Å². The smallest absolute Gasteiger partial charge is 0.744 e. The number of carbonyl (C=O) groups excluding carboxylic acids is 1. The molecule has 0 aromatic heterocycles. The zero-order chi connectivity index (χ0) is 15.6. The Kier molecular flexibility index (Phi) is 6.75. The molecule has 22 heavy (non-hydrogen) atoms. The van der Waals surface area contributed by atoms with E-state index in [1.807, 2.05) is 0 Å². The van der Waals surface area contributed by atoms with Gasteiger partial charge in [0.1, 0.15) is 21.6 Å². The maximum atomic E-state index is 12.2. The summed E-state index contributed by atoms with van der Waals surface area (Å²) in [7, 11) is -3.68. The Hall–Kier alpha value is -0.744. The second-order valence-electron chi connectivity index (χ2n) is 4.17. The molecular weight excluding hydrogens is 335 g/mol. The number of carbonyl (C=O) groups is 1. The molecule has 0 atom stereocenters. The van der Waals surface area contributed by atoms with Gasteiger partial charge in [-0.05, 0) is 6.07 Å². The van der Waals surface area contributed by atoms with Crippen molar-refractivity contribution in [3.63, 3.8) is 0 Å². The molecule has 2 aromatic rings. The molecule has 0 amide bonds. The first kappa shape index (κ1) is 19.3. The molecule has 0 saturated carbocycles. The molecule has 0 bridgehead atoms. The predicted octanol–water partition coefficient (Wildman–Crippen LogP) is -1.46. The van der Waals surface area contributed by atoms with Crippen molar-refractivity contribution in [3.05, 3.63) is 53.6 Å². The van der Waals surface area contributed by atoms with E-state index >= 15 is 0 Å². The monoisotopic (exact) mass is 346 g/mol. The molecule has 0 aliphatic heterocycles. The average molecular weight is 346 g/mol. The predicted molar refractivity (Wildman–Crippen MR) is 72.5 cm³/mol. The van der Waals surface area contributed by atoms with Gasteiger partial charge in [-0.15, -0.1) is 0 Å². The zero-order valence-corrected chi connectivity index (χ0v) is 15.9. The topological polar surface area (TPSA) is 104 Å². The number of methoxy groups -OCH3 is 1. The van der Waals surface area contributed by atoms with E-state index in [2.05, 4.69) is 0 Å². The number of phenolic OH excluding ortho intramolecular Hbond substituents is 1. The number of benzene rings is 2. The van der Waals surface area contributed by atoms with Gasteiger partial charge < -0.3 is 14.4 Å². The number of hydrogen-bond acceptors (Lipinski definition) is 6. The van der Waals surface area contributed by atoms with Crippen LogP contribution in [0.1, 0.15) is 15.9 Å². The van der Waals surface area contributed by atoms with Gasteiger partial charge >= 0.3 is 51.4 Å². The summed E-state index contributed by atoms with van der Waals surface area (Å²) in [5.74, 6) is -1.37. The first-order chi connectivity index (χ1) is 9.84. The fraction of sp³-hybridized carbons (Fsp3) is 0.0714. The summed E-state index contributed by atoms with van der Waals surface area (Å²) in [5, 5.41) is 9.85. The van der Waals surface area contributed by atoms with Gasteiger partial charge in [-0.25, -0.2) is 8.42 Å². The van der Waals surface area contributed by atoms with Gasteiger partial charge in [0.2, 0.25) is 0 Å². The van der Waals surface area contributed by atoms with Gasteiger partial charge in [-0.1, -0.05) is 30.3 Å². The molecule has 0 unspecified atom stereocenters. The van der Waals surface area contributed by atoms with Crippen LogP contribution >= 0.6 is 0 Å². The van der Waals surface area contributed by atoms with Crippen LogP contribution in [0, 0.1) is 0 Å². The quantitative estimate of drug-likeness (QED) is 0.412. The van der Waals surface area contributed by atoms with E-state index in [0.29, 0.717) is 0 Å². The van der Waals surface area contributed by atoms with E-state index in [-0.39, 0.29) is 68.3 Å². The van der Waals surface area contributed by atoms with E-state index in [0.717, 1.165) is 19.2 Å². The van der Waals surface area contributed by atoms with Crippen molar-refractivity contribution in [3.8, 4) is 11.5 Å². The van der Waals surface area contributed by atoms with Crippen LogP contribution in [0.3, 0.4) is 0 Å². The van der Waals surface area contributed by atoms with Gasteiger partial charge in [-0.3, -0.25) is 4.79 Å². The minimum Gasteiger partial charge on any atom is -0.744 e. The largest absolute Gasteiger partial charge is 1.00 e. The van der Waals surface area contributed by atoms with E-state index in [4.69, 9.17) is 4.74 Å². The third kappa shape index (κ3) is 4.16. The Balaban J connectivity index is 0.00000242. The molecule has 0 aliphatic carbocycles. The molecular formula is C14H11KO6S. The summed E-state index contributed by atoms with van der Waals surface area (Å²) < 4.78 is 38.4. The number of rotatable bonds is 4. The number of aromatic hydroxyl groups is 1. The van der Waals surface area contributed by atoms with Crippen LogP contribution in [0.5, 0.6) is 11.5 Å². The van der Waals surface area contributed by atoms with Crippen molar-refractivity contribution >= 4 is 15.9 Å². The second-order valence-corrected chi connectivity index (χ2v) is 5.52. The van der Waals surface area contributed by atoms with Crippen molar-refractivity contribution < 1.29 is 79.0 Å². The van der Waals surface area contributed by atoms with Gasteiger partial charge in [0.25, 0.3) is 0 Å². The molecule has 6 nitrogen and oxygen atoms in total. The molecule has 0 spiro atoms. The molecule has 0 saturated heterocycles. The third-order valence-corrected chi connectivity index (χ3v) is 3.69. The number of hydrogen-bond donors (Lipinski definition) is 1. The Labute approximate surface area is 170 Å². The SMILES string of the molecule is COc1cc(O)c(C(=O)c2ccccc2)cc1S(=O)(=O)[O-].[K+]. The number of ether oxygens (including phenoxy) is 1. The van der Waals surface area contributed by atoms with Gasteiger partial charge in [0.05, 0.1) is 17.6 Å². The molecule has 0 radical (unpaired) electrons. The van der Waals surface area contributed by atoms with Crippen molar-refractivity contribution in [1.82, 2.24) is 0 Å². The standard InChI is InChI=1S/C14H12O6S.K/c1-20-12-8-11(15)10(7-13(12)21(17,18)19)14(16)9-5-3-2-4-6-9;/h2-8,15H,1H3,(H,17,18,19);/q;+1/p-1. The van der Waals surface area contributed by atoms with Crippen LogP contribution < -0.4 is 56.1 Å². The molecule has 0 aliphatic rings. The van der Waals surface area contributed by atoms with Crippen LogP contribution in [-0.4, -0.2) is 31.0 Å². The molecule has 110 valence electrons. The Morgan fingerprint density at radius 2 is 1.77 bits per heavy atom. The van der Waals surface area contributed by atoms with Crippen molar-refractivity contribution in [2.75, 3.05) is 7.11 Å². The normalized spacial score (nSPS) is 10.6. The summed E-state index contributed by atoms with van der Waals surface area (Å²) in [6.07, 6.45) is 0. The molecule has 2 rings (SSSR count). The zero-order valence-electron chi connectivity index (χ0n) is 11.9. The summed E-state index contributed by atoms with van der Waals surface area (Å²) >= 11 is 0. The number of phenols is 1. The summed E-state index contributed by atoms with van der Waals surface area (Å²) in [5.41, 5.74) is -0.0244. The maximum absolute atomic E-state index is 12.2. The minimum atomic E-state index is -4.84. The van der Waals surface area contributed by atoms with E-state index in [1.165, 1.54) is 12.1 Å². The molecule has 8 heteroatoms. The first-order valence-corrected chi connectivity index (χ1v) is 7.22. The summed E-state index contributed by atoms with van der Waals surface area (Å²) in [6.45, 7) is 0. The Bertz CT molecular complexity index is 786. The fourth-order valence-electron chi connectivity index (χ4n) is 1.83. The summed E-state index contributed by atoms with van der Waals surface area (Å²) in [6, 6.07) is 9.73. The van der Waals surface area contributed by atoms with Crippen LogP contribution in [0.2, 0.25) is 0 Å². The van der Waals surface area contributed by atoms with Crippen molar-refractivity contribution in [2.24, 2.45) is 0 Å². The molecule has 0 heterocycles. The maximum Gasteiger partial charge on any atom is 1.00 e. The Morgan fingerprint density at radius 3 is 2.27 bits per heavy atom. The second kappa shape index (κ2) is 7.69. The van der Waals surface area contributed by atoms with Crippen LogP contribution in [0.4, 0.5) is 0 Å². The molecule has 2 aromatic carbocycles. The molecule has 0 fully saturated rings.